The van der Waals surface area contributed by atoms with E-state index in [9.17, 15) is 0 Å². The van der Waals surface area contributed by atoms with Gasteiger partial charge >= 0.3 is 0 Å². The van der Waals surface area contributed by atoms with Gasteiger partial charge in [-0.1, -0.05) is 30.3 Å². The Balaban J connectivity index is 1.32. The van der Waals surface area contributed by atoms with Gasteiger partial charge in [0.2, 0.25) is 0 Å². The van der Waals surface area contributed by atoms with E-state index in [2.05, 4.69) is 62.3 Å². The molecular weight excluding hydrogens is 324 g/mol. The average Bonchev–Trinajstić information content (AvgIpc) is 3.12. The Bertz CT molecular complexity index is 1030. The second kappa shape index (κ2) is 6.38. The summed E-state index contributed by atoms with van der Waals surface area (Å²) < 4.78 is 0. The van der Waals surface area contributed by atoms with Crippen LogP contribution in [0.4, 0.5) is 5.69 Å². The van der Waals surface area contributed by atoms with Crippen LogP contribution in [0.15, 0.2) is 60.8 Å². The molecule has 0 aliphatic carbocycles. The van der Waals surface area contributed by atoms with E-state index >= 15 is 0 Å². The summed E-state index contributed by atoms with van der Waals surface area (Å²) in [5.74, 6) is 0. The van der Waals surface area contributed by atoms with E-state index in [1.165, 1.54) is 5.69 Å². The predicted octanol–water partition coefficient (Wildman–Crippen LogP) is 2.76. The molecule has 5 rings (SSSR count). The molecule has 4 aromatic rings. The summed E-state index contributed by atoms with van der Waals surface area (Å²) in [6, 6.07) is 18.7. The van der Waals surface area contributed by atoms with Crippen molar-refractivity contribution in [3.8, 4) is 0 Å². The quantitative estimate of drug-likeness (QED) is 0.572. The van der Waals surface area contributed by atoms with Crippen LogP contribution < -0.4 is 4.90 Å². The molecule has 0 saturated carbocycles. The molecule has 0 bridgehead atoms. The lowest BCUT2D eigenvalue weighted by Gasteiger charge is -2.35. The molecule has 0 unspecified atom stereocenters. The second-order valence-electron chi connectivity index (χ2n) is 6.66. The van der Waals surface area contributed by atoms with Crippen LogP contribution in [0, 0.1) is 0 Å². The molecule has 2 aromatic heterocycles. The van der Waals surface area contributed by atoms with E-state index < -0.39 is 0 Å². The van der Waals surface area contributed by atoms with Crippen LogP contribution in [0.3, 0.4) is 0 Å². The first-order chi connectivity index (χ1) is 12.9. The molecule has 3 heterocycles. The molecule has 1 aliphatic rings. The summed E-state index contributed by atoms with van der Waals surface area (Å²) >= 11 is 0. The summed E-state index contributed by atoms with van der Waals surface area (Å²) in [6.07, 6.45) is 1.81. The fourth-order valence-electron chi connectivity index (χ4n) is 3.59. The molecule has 1 aliphatic heterocycles. The van der Waals surface area contributed by atoms with E-state index in [1.54, 1.807) is 4.80 Å². The average molecular weight is 344 g/mol. The SMILES string of the molecule is c1ccc(N2CCN(Cn3nc4ccc5cccnc5c4n3)CC2)cc1. The monoisotopic (exact) mass is 344 g/mol. The Kier molecular flexibility index (Phi) is 3.75. The Morgan fingerprint density at radius 1 is 0.769 bits per heavy atom. The fourth-order valence-corrected chi connectivity index (χ4v) is 3.59. The van der Waals surface area contributed by atoms with Gasteiger partial charge in [-0.05, 0) is 24.3 Å². The maximum atomic E-state index is 4.70. The van der Waals surface area contributed by atoms with Crippen LogP contribution in [0.5, 0.6) is 0 Å². The summed E-state index contributed by atoms with van der Waals surface area (Å²) in [4.78, 5) is 11.1. The summed E-state index contributed by atoms with van der Waals surface area (Å²) in [5, 5.41) is 10.4. The molecule has 0 radical (unpaired) electrons. The number of hydrogen-bond donors (Lipinski definition) is 0. The maximum Gasteiger partial charge on any atom is 0.139 e. The molecule has 0 N–H and O–H groups in total. The molecular formula is C20H20N6. The smallest absolute Gasteiger partial charge is 0.139 e. The van der Waals surface area contributed by atoms with Crippen molar-refractivity contribution >= 4 is 27.6 Å². The maximum absolute atomic E-state index is 4.70. The molecule has 1 saturated heterocycles. The number of rotatable bonds is 3. The summed E-state index contributed by atoms with van der Waals surface area (Å²) in [5.41, 5.74) is 4.00. The van der Waals surface area contributed by atoms with E-state index in [0.717, 1.165) is 48.1 Å². The van der Waals surface area contributed by atoms with Crippen LogP contribution in [0.1, 0.15) is 0 Å². The number of benzene rings is 2. The molecule has 0 spiro atoms. The predicted molar refractivity (Wildman–Crippen MR) is 103 cm³/mol. The van der Waals surface area contributed by atoms with Crippen molar-refractivity contribution in [2.45, 2.75) is 6.67 Å². The van der Waals surface area contributed by atoms with Gasteiger partial charge in [0.25, 0.3) is 0 Å². The normalized spacial score (nSPS) is 15.8. The van der Waals surface area contributed by atoms with Crippen molar-refractivity contribution < 1.29 is 0 Å². The lowest BCUT2D eigenvalue weighted by atomic mass is 10.2. The number of para-hydroxylation sites is 1. The molecule has 130 valence electrons. The topological polar surface area (TPSA) is 50.1 Å². The standard InChI is InChI=1S/C20H20N6/c1-2-6-17(7-3-1)25-13-11-24(12-14-25)15-26-22-18-9-8-16-5-4-10-21-19(16)20(18)23-26/h1-10H,11-15H2. The largest absolute Gasteiger partial charge is 0.369 e. The Hall–Kier alpha value is -2.99. The highest BCUT2D eigenvalue weighted by Crippen LogP contribution is 2.20. The van der Waals surface area contributed by atoms with Crippen molar-refractivity contribution in [2.24, 2.45) is 0 Å². The van der Waals surface area contributed by atoms with Crippen LogP contribution in [0.2, 0.25) is 0 Å². The van der Waals surface area contributed by atoms with Crippen molar-refractivity contribution in [3.05, 3.63) is 60.8 Å². The van der Waals surface area contributed by atoms with E-state index in [4.69, 9.17) is 5.10 Å². The summed E-state index contributed by atoms with van der Waals surface area (Å²) in [7, 11) is 0. The number of aromatic nitrogens is 4. The highest BCUT2D eigenvalue weighted by atomic mass is 15.5. The first-order valence-corrected chi connectivity index (χ1v) is 8.98. The van der Waals surface area contributed by atoms with E-state index in [1.807, 2.05) is 18.3 Å². The van der Waals surface area contributed by atoms with Crippen LogP contribution in [-0.4, -0.2) is 51.1 Å². The van der Waals surface area contributed by atoms with E-state index in [0.29, 0.717) is 6.67 Å². The minimum atomic E-state index is 0.714. The van der Waals surface area contributed by atoms with Crippen LogP contribution >= 0.6 is 0 Å². The molecule has 26 heavy (non-hydrogen) atoms. The number of pyridine rings is 1. The third-order valence-electron chi connectivity index (χ3n) is 4.99. The highest BCUT2D eigenvalue weighted by Gasteiger charge is 2.18. The molecule has 1 fully saturated rings. The van der Waals surface area contributed by atoms with Gasteiger partial charge in [0.15, 0.2) is 0 Å². The molecule has 0 amide bonds. The van der Waals surface area contributed by atoms with Gasteiger partial charge in [-0.15, -0.1) is 5.10 Å². The van der Waals surface area contributed by atoms with Crippen LogP contribution in [0.25, 0.3) is 21.9 Å². The van der Waals surface area contributed by atoms with Gasteiger partial charge in [0.1, 0.15) is 17.7 Å². The van der Waals surface area contributed by atoms with Crippen molar-refractivity contribution in [1.29, 1.82) is 0 Å². The third-order valence-corrected chi connectivity index (χ3v) is 4.99. The van der Waals surface area contributed by atoms with Gasteiger partial charge in [0.05, 0.1) is 5.52 Å². The van der Waals surface area contributed by atoms with Gasteiger partial charge in [0, 0.05) is 43.4 Å². The highest BCUT2D eigenvalue weighted by molar-refractivity contribution is 6.00. The van der Waals surface area contributed by atoms with Crippen molar-refractivity contribution in [3.63, 3.8) is 0 Å². The zero-order chi connectivity index (χ0) is 17.3. The lowest BCUT2D eigenvalue weighted by Crippen LogP contribution is -2.47. The Morgan fingerprint density at radius 2 is 1.62 bits per heavy atom. The summed E-state index contributed by atoms with van der Waals surface area (Å²) in [6.45, 7) is 4.77. The second-order valence-corrected chi connectivity index (χ2v) is 6.66. The van der Waals surface area contributed by atoms with Crippen LogP contribution in [-0.2, 0) is 6.67 Å². The first-order valence-electron chi connectivity index (χ1n) is 8.98. The Morgan fingerprint density at radius 3 is 2.46 bits per heavy atom. The van der Waals surface area contributed by atoms with Gasteiger partial charge < -0.3 is 4.90 Å². The number of nitrogens with zero attached hydrogens (tertiary/aromatic N) is 6. The number of piperazine rings is 1. The number of hydrogen-bond acceptors (Lipinski definition) is 5. The van der Waals surface area contributed by atoms with Gasteiger partial charge in [-0.2, -0.15) is 9.90 Å². The molecule has 6 nitrogen and oxygen atoms in total. The molecule has 6 heteroatoms. The van der Waals surface area contributed by atoms with Gasteiger partial charge in [-0.3, -0.25) is 9.88 Å². The number of fused-ring (bicyclic) bond motifs is 3. The minimum Gasteiger partial charge on any atom is -0.369 e. The van der Waals surface area contributed by atoms with Gasteiger partial charge in [-0.25, -0.2) is 0 Å². The van der Waals surface area contributed by atoms with Crippen molar-refractivity contribution in [2.75, 3.05) is 31.1 Å². The van der Waals surface area contributed by atoms with Crippen molar-refractivity contribution in [1.82, 2.24) is 24.9 Å². The minimum absolute atomic E-state index is 0.714. The molecule has 0 atom stereocenters. The Labute approximate surface area is 151 Å². The molecule has 2 aromatic carbocycles. The fraction of sp³-hybridized carbons (Fsp3) is 0.250. The zero-order valence-corrected chi connectivity index (χ0v) is 14.5. The first kappa shape index (κ1) is 15.3. The lowest BCUT2D eigenvalue weighted by molar-refractivity contribution is 0.185. The zero-order valence-electron chi connectivity index (χ0n) is 14.5. The third kappa shape index (κ3) is 2.78. The van der Waals surface area contributed by atoms with E-state index in [-0.39, 0.29) is 0 Å². The number of anilines is 1.